The highest BCUT2D eigenvalue weighted by atomic mass is 16.3. The number of aliphatic hydroxyl groups excluding tert-OH is 1. The lowest BCUT2D eigenvalue weighted by Gasteiger charge is -2.34. The van der Waals surface area contributed by atoms with Gasteiger partial charge in [0.05, 0.1) is 6.04 Å². The Kier molecular flexibility index (Phi) is 4.40. The molecule has 1 aliphatic carbocycles. The predicted octanol–water partition coefficient (Wildman–Crippen LogP) is 0.844. The van der Waals surface area contributed by atoms with Gasteiger partial charge in [-0.2, -0.15) is 0 Å². The van der Waals surface area contributed by atoms with E-state index in [2.05, 4.69) is 4.90 Å². The maximum Gasteiger partial charge on any atom is 0.239 e. The molecule has 1 saturated heterocycles. The van der Waals surface area contributed by atoms with Gasteiger partial charge in [-0.25, -0.2) is 0 Å². The third kappa shape index (κ3) is 2.80. The van der Waals surface area contributed by atoms with Crippen LogP contribution in [0.25, 0.3) is 0 Å². The molecule has 0 aromatic rings. The highest BCUT2D eigenvalue weighted by Gasteiger charge is 2.35. The average Bonchev–Trinajstić information content (AvgIpc) is 2.80. The second-order valence-corrected chi connectivity index (χ2v) is 5.32. The van der Waals surface area contributed by atoms with E-state index in [9.17, 15) is 9.90 Å². The third-order valence-corrected chi connectivity index (χ3v) is 4.17. The summed E-state index contributed by atoms with van der Waals surface area (Å²) in [5.74, 6) is 0.198. The van der Waals surface area contributed by atoms with Gasteiger partial charge in [0.15, 0.2) is 0 Å². The average molecular weight is 240 g/mol. The number of carbonyl (C=O) groups is 1. The highest BCUT2D eigenvalue weighted by Crippen LogP contribution is 2.27. The summed E-state index contributed by atoms with van der Waals surface area (Å²) in [6.45, 7) is 1.96. The maximum atomic E-state index is 12.3. The molecule has 2 aliphatic rings. The molecule has 2 rings (SSSR count). The number of hydrogen-bond donors (Lipinski definition) is 1. The van der Waals surface area contributed by atoms with Crippen LogP contribution in [0.1, 0.15) is 38.5 Å². The summed E-state index contributed by atoms with van der Waals surface area (Å²) < 4.78 is 0. The molecule has 0 aromatic carbocycles. The van der Waals surface area contributed by atoms with Gasteiger partial charge in [0, 0.05) is 32.8 Å². The van der Waals surface area contributed by atoms with Gasteiger partial charge in [-0.05, 0) is 25.7 Å². The van der Waals surface area contributed by atoms with Crippen molar-refractivity contribution in [2.45, 2.75) is 50.6 Å². The van der Waals surface area contributed by atoms with E-state index in [0.717, 1.165) is 19.5 Å². The summed E-state index contributed by atoms with van der Waals surface area (Å²) in [6.07, 6.45) is 6.66. The molecule has 1 amide bonds. The van der Waals surface area contributed by atoms with Crippen LogP contribution in [-0.2, 0) is 4.79 Å². The molecule has 0 radical (unpaired) electrons. The van der Waals surface area contributed by atoms with Crippen LogP contribution in [0.4, 0.5) is 0 Å². The lowest BCUT2D eigenvalue weighted by Crippen LogP contribution is -2.49. The van der Waals surface area contributed by atoms with Gasteiger partial charge in [0.25, 0.3) is 0 Å². The quantitative estimate of drug-likeness (QED) is 0.795. The first kappa shape index (κ1) is 12.8. The first-order valence-corrected chi connectivity index (χ1v) is 6.85. The molecule has 98 valence electrons. The monoisotopic (exact) mass is 240 g/mol. The van der Waals surface area contributed by atoms with Crippen molar-refractivity contribution in [3.05, 3.63) is 0 Å². The molecule has 1 atom stereocenters. The molecule has 2 fully saturated rings. The first-order chi connectivity index (χ1) is 8.24. The van der Waals surface area contributed by atoms with E-state index in [4.69, 9.17) is 0 Å². The van der Waals surface area contributed by atoms with Crippen LogP contribution >= 0.6 is 0 Å². The molecule has 0 spiro atoms. The van der Waals surface area contributed by atoms with Gasteiger partial charge in [0.2, 0.25) is 5.91 Å². The zero-order valence-corrected chi connectivity index (χ0v) is 10.8. The topological polar surface area (TPSA) is 43.8 Å². The Morgan fingerprint density at radius 2 is 1.94 bits per heavy atom. The number of amides is 1. The molecule has 1 aliphatic heterocycles. The van der Waals surface area contributed by atoms with Crippen molar-refractivity contribution < 1.29 is 9.90 Å². The van der Waals surface area contributed by atoms with E-state index in [1.54, 1.807) is 0 Å². The molecule has 17 heavy (non-hydrogen) atoms. The predicted molar refractivity (Wildman–Crippen MR) is 66.7 cm³/mol. The Balaban J connectivity index is 2.11. The molecule has 0 aromatic heterocycles. The van der Waals surface area contributed by atoms with Crippen LogP contribution < -0.4 is 0 Å². The van der Waals surface area contributed by atoms with E-state index in [0.29, 0.717) is 12.5 Å². The summed E-state index contributed by atoms with van der Waals surface area (Å²) in [7, 11) is 1.88. The lowest BCUT2D eigenvalue weighted by atomic mass is 10.1. The first-order valence-electron chi connectivity index (χ1n) is 6.85. The normalized spacial score (nSPS) is 28.7. The number of nitrogens with zero attached hydrogens (tertiary/aromatic N) is 2. The van der Waals surface area contributed by atoms with Crippen molar-refractivity contribution in [2.24, 2.45) is 0 Å². The fourth-order valence-electron chi connectivity index (χ4n) is 3.24. The SMILES string of the molecule is CN1CCCN(C2CCCC2)C(CCO)C1=O. The van der Waals surface area contributed by atoms with Gasteiger partial charge < -0.3 is 10.0 Å². The highest BCUT2D eigenvalue weighted by molar-refractivity contribution is 5.82. The number of hydrogen-bond acceptors (Lipinski definition) is 3. The molecule has 1 unspecified atom stereocenters. The van der Waals surface area contributed by atoms with Crippen LogP contribution in [0.3, 0.4) is 0 Å². The zero-order chi connectivity index (χ0) is 12.3. The Morgan fingerprint density at radius 1 is 1.24 bits per heavy atom. The van der Waals surface area contributed by atoms with Gasteiger partial charge in [-0.15, -0.1) is 0 Å². The van der Waals surface area contributed by atoms with Crippen LogP contribution in [0.15, 0.2) is 0 Å². The van der Waals surface area contributed by atoms with Crippen molar-refractivity contribution in [1.29, 1.82) is 0 Å². The van der Waals surface area contributed by atoms with Gasteiger partial charge >= 0.3 is 0 Å². The summed E-state index contributed by atoms with van der Waals surface area (Å²) in [6, 6.07) is 0.484. The van der Waals surface area contributed by atoms with Crippen molar-refractivity contribution in [1.82, 2.24) is 9.80 Å². The Bertz CT molecular complexity index is 264. The molecule has 0 bridgehead atoms. The summed E-state index contributed by atoms with van der Waals surface area (Å²) in [4.78, 5) is 16.5. The van der Waals surface area contributed by atoms with Gasteiger partial charge in [0.1, 0.15) is 0 Å². The van der Waals surface area contributed by atoms with Gasteiger partial charge in [-0.1, -0.05) is 12.8 Å². The minimum absolute atomic E-state index is 0.0874. The lowest BCUT2D eigenvalue weighted by molar-refractivity contribution is -0.135. The van der Waals surface area contributed by atoms with Crippen molar-refractivity contribution >= 4 is 5.91 Å². The van der Waals surface area contributed by atoms with Crippen molar-refractivity contribution in [2.75, 3.05) is 26.7 Å². The van der Waals surface area contributed by atoms with Gasteiger partial charge in [-0.3, -0.25) is 9.69 Å². The minimum atomic E-state index is -0.0874. The van der Waals surface area contributed by atoms with Crippen LogP contribution in [-0.4, -0.2) is 59.6 Å². The molecule has 4 nitrogen and oxygen atoms in total. The number of rotatable bonds is 3. The van der Waals surface area contributed by atoms with E-state index in [-0.39, 0.29) is 18.6 Å². The zero-order valence-electron chi connectivity index (χ0n) is 10.8. The second-order valence-electron chi connectivity index (χ2n) is 5.32. The largest absolute Gasteiger partial charge is 0.396 e. The smallest absolute Gasteiger partial charge is 0.239 e. The Labute approximate surface area is 104 Å². The fraction of sp³-hybridized carbons (Fsp3) is 0.923. The van der Waals surface area contributed by atoms with Crippen LogP contribution in [0, 0.1) is 0 Å². The standard InChI is InChI=1S/C13H24N2O2/c1-14-8-4-9-15(11-5-2-3-6-11)12(7-10-16)13(14)17/h11-12,16H,2-10H2,1H3. The van der Waals surface area contributed by atoms with Crippen molar-refractivity contribution in [3.63, 3.8) is 0 Å². The Hall–Kier alpha value is -0.610. The summed E-state index contributed by atoms with van der Waals surface area (Å²) >= 11 is 0. The molecular formula is C13H24N2O2. The Morgan fingerprint density at radius 3 is 2.59 bits per heavy atom. The summed E-state index contributed by atoms with van der Waals surface area (Å²) in [5, 5.41) is 9.18. The molecule has 1 saturated carbocycles. The number of aliphatic hydroxyl groups is 1. The van der Waals surface area contributed by atoms with Crippen molar-refractivity contribution in [3.8, 4) is 0 Å². The van der Waals surface area contributed by atoms with E-state index < -0.39 is 0 Å². The minimum Gasteiger partial charge on any atom is -0.396 e. The molecular weight excluding hydrogens is 216 g/mol. The van der Waals surface area contributed by atoms with E-state index >= 15 is 0 Å². The number of carbonyl (C=O) groups excluding carboxylic acids is 1. The fourth-order valence-corrected chi connectivity index (χ4v) is 3.24. The third-order valence-electron chi connectivity index (χ3n) is 4.17. The molecule has 1 N–H and O–H groups in total. The van der Waals surface area contributed by atoms with E-state index in [1.165, 1.54) is 25.7 Å². The van der Waals surface area contributed by atoms with Crippen LogP contribution in [0.2, 0.25) is 0 Å². The molecule has 4 heteroatoms. The number of likely N-dealkylation sites (N-methyl/N-ethyl adjacent to an activating group) is 1. The van der Waals surface area contributed by atoms with E-state index in [1.807, 2.05) is 11.9 Å². The summed E-state index contributed by atoms with van der Waals surface area (Å²) in [5.41, 5.74) is 0. The second kappa shape index (κ2) is 5.83. The molecule has 1 heterocycles. The maximum absolute atomic E-state index is 12.3. The van der Waals surface area contributed by atoms with Crippen LogP contribution in [0.5, 0.6) is 0 Å².